The fourth-order valence-corrected chi connectivity index (χ4v) is 3.22. The molecule has 1 aromatic carbocycles. The second-order valence-corrected chi connectivity index (χ2v) is 7.28. The van der Waals surface area contributed by atoms with Crippen molar-refractivity contribution >= 4 is 16.9 Å². The number of ether oxygens (including phenoxy) is 1. The van der Waals surface area contributed by atoms with Crippen molar-refractivity contribution in [1.82, 2.24) is 20.3 Å². The number of aryl methyl sites for hydroxylation is 3. The van der Waals surface area contributed by atoms with Gasteiger partial charge in [0.25, 0.3) is 5.56 Å². The van der Waals surface area contributed by atoms with Gasteiger partial charge in [-0.3, -0.25) is 4.79 Å². The number of aromatic nitrogens is 4. The van der Waals surface area contributed by atoms with Crippen LogP contribution in [0.3, 0.4) is 0 Å². The maximum absolute atomic E-state index is 11.9. The van der Waals surface area contributed by atoms with Gasteiger partial charge in [0.15, 0.2) is 5.58 Å². The zero-order valence-electron chi connectivity index (χ0n) is 18.4. The maximum Gasteiger partial charge on any atom is 0.490 e. The third-order valence-corrected chi connectivity index (χ3v) is 4.85. The molecule has 34 heavy (non-hydrogen) atoms. The zero-order valence-corrected chi connectivity index (χ0v) is 18.4. The van der Waals surface area contributed by atoms with E-state index >= 15 is 0 Å². The molecule has 178 valence electrons. The average Bonchev–Trinajstić information content (AvgIpc) is 3.14. The predicted octanol–water partition coefficient (Wildman–Crippen LogP) is 4.63. The van der Waals surface area contributed by atoms with E-state index in [2.05, 4.69) is 20.3 Å². The highest BCUT2D eigenvalue weighted by Gasteiger charge is 2.38. The van der Waals surface area contributed by atoms with Crippen LogP contribution in [-0.4, -0.2) is 37.6 Å². The summed E-state index contributed by atoms with van der Waals surface area (Å²) in [6, 6.07) is 7.45. The first kappa shape index (κ1) is 24.4. The lowest BCUT2D eigenvalue weighted by atomic mass is 9.96. The standard InChI is InChI=1S/C20H18N4O3.C2HF3O2/c1-10-9-14(26-20-18-13(4)24-27-16(18)7-8-21-20)5-6-15(10)17-11(2)19(25)23-22-12(17)3;3-2(4,5)1(6)7/h5-9H,1-4H3,(H,23,25);(H,6,7). The Hall–Kier alpha value is -4.22. The van der Waals surface area contributed by atoms with Crippen molar-refractivity contribution in [1.29, 1.82) is 0 Å². The number of H-pyrrole nitrogens is 1. The molecule has 3 aromatic heterocycles. The largest absolute Gasteiger partial charge is 0.490 e. The number of benzene rings is 1. The van der Waals surface area contributed by atoms with Crippen LogP contribution in [0, 0.1) is 27.7 Å². The molecule has 12 heteroatoms. The third-order valence-electron chi connectivity index (χ3n) is 4.85. The number of pyridine rings is 1. The number of nitrogens with one attached hydrogen (secondary N) is 1. The number of carboxylic acids is 1. The Morgan fingerprint density at radius 3 is 2.41 bits per heavy atom. The van der Waals surface area contributed by atoms with Crippen molar-refractivity contribution in [2.24, 2.45) is 0 Å². The van der Waals surface area contributed by atoms with E-state index in [4.69, 9.17) is 19.2 Å². The molecule has 0 aliphatic carbocycles. The highest BCUT2D eigenvalue weighted by molar-refractivity contribution is 5.84. The van der Waals surface area contributed by atoms with Gasteiger partial charge in [0.2, 0.25) is 5.88 Å². The number of carbonyl (C=O) groups is 1. The predicted molar refractivity (Wildman–Crippen MR) is 115 cm³/mol. The first-order chi connectivity index (χ1) is 15.9. The van der Waals surface area contributed by atoms with Crippen molar-refractivity contribution in [3.05, 3.63) is 63.3 Å². The van der Waals surface area contributed by atoms with E-state index in [-0.39, 0.29) is 5.56 Å². The fourth-order valence-electron chi connectivity index (χ4n) is 3.22. The van der Waals surface area contributed by atoms with E-state index in [0.29, 0.717) is 22.8 Å². The molecule has 0 amide bonds. The summed E-state index contributed by atoms with van der Waals surface area (Å²) in [4.78, 5) is 25.2. The summed E-state index contributed by atoms with van der Waals surface area (Å²) >= 11 is 0. The van der Waals surface area contributed by atoms with Gasteiger partial charge in [0.05, 0.1) is 11.4 Å². The number of hydrogen-bond acceptors (Lipinski definition) is 7. The summed E-state index contributed by atoms with van der Waals surface area (Å²) in [5.74, 6) is -1.67. The molecule has 0 unspecified atom stereocenters. The SMILES string of the molecule is Cc1cc(Oc2nccc3onc(C)c23)ccc1-c1c(C)n[nH]c(=O)c1C.O=C(O)C(F)(F)F. The number of halogens is 3. The highest BCUT2D eigenvalue weighted by atomic mass is 19.4. The Balaban J connectivity index is 0.000000406. The fraction of sp³-hybridized carbons (Fsp3) is 0.227. The van der Waals surface area contributed by atoms with Gasteiger partial charge in [-0.05, 0) is 51.0 Å². The molecule has 2 N–H and O–H groups in total. The van der Waals surface area contributed by atoms with Crippen LogP contribution in [-0.2, 0) is 4.79 Å². The molecule has 0 atom stereocenters. The van der Waals surface area contributed by atoms with Crippen molar-refractivity contribution in [3.8, 4) is 22.8 Å². The number of rotatable bonds is 3. The zero-order chi connectivity index (χ0) is 25.2. The van der Waals surface area contributed by atoms with Gasteiger partial charge in [-0.1, -0.05) is 11.2 Å². The monoisotopic (exact) mass is 476 g/mol. The molecule has 4 aromatic rings. The smallest absolute Gasteiger partial charge is 0.475 e. The van der Waals surface area contributed by atoms with Crippen LogP contribution >= 0.6 is 0 Å². The Labute approximate surface area is 190 Å². The quantitative estimate of drug-likeness (QED) is 0.438. The first-order valence-electron chi connectivity index (χ1n) is 9.76. The van der Waals surface area contributed by atoms with Gasteiger partial charge in [0, 0.05) is 23.4 Å². The second kappa shape index (κ2) is 9.33. The molecular weight excluding hydrogens is 457 g/mol. The lowest BCUT2D eigenvalue weighted by Crippen LogP contribution is -2.21. The van der Waals surface area contributed by atoms with Crippen molar-refractivity contribution < 1.29 is 32.3 Å². The number of hydrogen-bond donors (Lipinski definition) is 2. The Bertz CT molecular complexity index is 1430. The van der Waals surface area contributed by atoms with Crippen LogP contribution < -0.4 is 10.3 Å². The molecule has 0 aliphatic rings. The molecule has 0 radical (unpaired) electrons. The average molecular weight is 476 g/mol. The number of aliphatic carboxylic acids is 1. The molecule has 9 nitrogen and oxygen atoms in total. The van der Waals surface area contributed by atoms with E-state index in [9.17, 15) is 18.0 Å². The summed E-state index contributed by atoms with van der Waals surface area (Å²) < 4.78 is 43.0. The second-order valence-electron chi connectivity index (χ2n) is 7.28. The van der Waals surface area contributed by atoms with Gasteiger partial charge in [-0.15, -0.1) is 0 Å². The van der Waals surface area contributed by atoms with Gasteiger partial charge in [-0.25, -0.2) is 14.9 Å². The molecule has 0 bridgehead atoms. The topological polar surface area (TPSA) is 131 Å². The number of carboxylic acid groups (broad SMARTS) is 1. The number of nitrogens with zero attached hydrogens (tertiary/aromatic N) is 3. The van der Waals surface area contributed by atoms with E-state index < -0.39 is 12.1 Å². The molecular formula is C22H19F3N4O5. The normalized spacial score (nSPS) is 11.1. The third kappa shape index (κ3) is 5.05. The summed E-state index contributed by atoms with van der Waals surface area (Å²) in [5, 5.41) is 18.4. The van der Waals surface area contributed by atoms with E-state index in [1.807, 2.05) is 39.0 Å². The minimum absolute atomic E-state index is 0.186. The minimum Gasteiger partial charge on any atom is -0.475 e. The Kier molecular flexibility index (Phi) is 6.70. The van der Waals surface area contributed by atoms with Crippen LogP contribution in [0.15, 0.2) is 39.8 Å². The lowest BCUT2D eigenvalue weighted by molar-refractivity contribution is -0.192. The van der Waals surface area contributed by atoms with Crippen LogP contribution in [0.5, 0.6) is 11.6 Å². The molecule has 0 aliphatic heterocycles. The first-order valence-corrected chi connectivity index (χ1v) is 9.76. The van der Waals surface area contributed by atoms with Gasteiger partial charge < -0.3 is 14.4 Å². The van der Waals surface area contributed by atoms with Crippen molar-refractivity contribution in [2.75, 3.05) is 0 Å². The van der Waals surface area contributed by atoms with E-state index in [0.717, 1.165) is 33.5 Å². The summed E-state index contributed by atoms with van der Waals surface area (Å²) in [7, 11) is 0. The van der Waals surface area contributed by atoms with Crippen LogP contribution in [0.25, 0.3) is 22.1 Å². The Morgan fingerprint density at radius 2 is 1.79 bits per heavy atom. The van der Waals surface area contributed by atoms with Crippen molar-refractivity contribution in [3.63, 3.8) is 0 Å². The van der Waals surface area contributed by atoms with E-state index in [1.165, 1.54) is 0 Å². The van der Waals surface area contributed by atoms with Gasteiger partial charge in [0.1, 0.15) is 11.1 Å². The number of alkyl halides is 3. The molecule has 3 heterocycles. The lowest BCUT2D eigenvalue weighted by Gasteiger charge is -2.13. The van der Waals surface area contributed by atoms with E-state index in [1.54, 1.807) is 19.2 Å². The highest BCUT2D eigenvalue weighted by Crippen LogP contribution is 2.33. The van der Waals surface area contributed by atoms with Gasteiger partial charge in [-0.2, -0.15) is 18.3 Å². The number of aromatic amines is 1. The number of fused-ring (bicyclic) bond motifs is 1. The van der Waals surface area contributed by atoms with Gasteiger partial charge >= 0.3 is 12.1 Å². The van der Waals surface area contributed by atoms with Crippen LogP contribution in [0.2, 0.25) is 0 Å². The molecule has 4 rings (SSSR count). The Morgan fingerprint density at radius 1 is 1.12 bits per heavy atom. The van der Waals surface area contributed by atoms with Crippen LogP contribution in [0.1, 0.15) is 22.5 Å². The minimum atomic E-state index is -5.08. The van der Waals surface area contributed by atoms with Crippen LogP contribution in [0.4, 0.5) is 13.2 Å². The van der Waals surface area contributed by atoms with Crippen molar-refractivity contribution in [2.45, 2.75) is 33.9 Å². The molecule has 0 fully saturated rings. The molecule has 0 saturated heterocycles. The molecule has 0 spiro atoms. The summed E-state index contributed by atoms with van der Waals surface area (Å²) in [5.41, 5.74) is 5.35. The summed E-state index contributed by atoms with van der Waals surface area (Å²) in [6.45, 7) is 7.49. The summed E-state index contributed by atoms with van der Waals surface area (Å²) in [6.07, 6.45) is -3.46. The maximum atomic E-state index is 11.9. The molecule has 0 saturated carbocycles.